The van der Waals surface area contributed by atoms with Crippen molar-refractivity contribution >= 4 is 18.0 Å². The Morgan fingerprint density at radius 1 is 1.10 bits per heavy atom. The zero-order valence-electron chi connectivity index (χ0n) is 17.1. The molecule has 2 atom stereocenters. The van der Waals surface area contributed by atoms with Gasteiger partial charge in [-0.05, 0) is 17.5 Å². The van der Waals surface area contributed by atoms with Crippen LogP contribution in [0.3, 0.4) is 0 Å². The molecule has 1 aliphatic rings. The van der Waals surface area contributed by atoms with Crippen molar-refractivity contribution in [1.29, 1.82) is 0 Å². The minimum atomic E-state index is -0.669. The highest BCUT2D eigenvalue weighted by Crippen LogP contribution is 2.35. The number of hydrogen-bond acceptors (Lipinski definition) is 5. The number of benzene rings is 2. The van der Waals surface area contributed by atoms with Gasteiger partial charge in [-0.15, -0.1) is 0 Å². The van der Waals surface area contributed by atoms with Gasteiger partial charge in [0.05, 0.1) is 13.2 Å². The van der Waals surface area contributed by atoms with Crippen molar-refractivity contribution in [3.63, 3.8) is 0 Å². The average molecular weight is 407 g/mol. The van der Waals surface area contributed by atoms with Crippen LogP contribution in [-0.2, 0) is 19.1 Å². The van der Waals surface area contributed by atoms with Crippen molar-refractivity contribution in [3.05, 3.63) is 83.9 Å². The zero-order chi connectivity index (χ0) is 21.7. The summed E-state index contributed by atoms with van der Waals surface area (Å²) in [6.07, 6.45) is -0.569. The summed E-state index contributed by atoms with van der Waals surface area (Å²) in [5, 5.41) is 0. The van der Waals surface area contributed by atoms with Crippen LogP contribution in [0.2, 0.25) is 0 Å². The van der Waals surface area contributed by atoms with Gasteiger partial charge in [0.1, 0.15) is 6.61 Å². The molecule has 0 bridgehead atoms. The van der Waals surface area contributed by atoms with Gasteiger partial charge in [-0.1, -0.05) is 74.2 Å². The first kappa shape index (κ1) is 21.3. The summed E-state index contributed by atoms with van der Waals surface area (Å²) in [6, 6.07) is 19.0. The summed E-state index contributed by atoms with van der Waals surface area (Å²) in [4.78, 5) is 38.6. The Hall–Kier alpha value is -3.41. The van der Waals surface area contributed by atoms with Crippen LogP contribution in [0.5, 0.6) is 0 Å². The Balaban J connectivity index is 1.92. The van der Waals surface area contributed by atoms with Gasteiger partial charge in [0.2, 0.25) is 5.91 Å². The standard InChI is InChI=1S/C24H25NO5/c1-16(14-17(2)23(27)29-3)22(26)25-20(15-30-24(25)28)21(18-10-6-4-7-11-18)19-12-8-5-9-13-19/h4-13,16,20-21H,2,14-15H2,1,3H3/t16-,20-/m0/s1. The van der Waals surface area contributed by atoms with E-state index in [1.54, 1.807) is 6.92 Å². The molecule has 30 heavy (non-hydrogen) atoms. The molecule has 2 aromatic rings. The average Bonchev–Trinajstić information content (AvgIpc) is 3.15. The van der Waals surface area contributed by atoms with E-state index in [2.05, 4.69) is 11.3 Å². The number of amides is 2. The third-order valence-electron chi connectivity index (χ3n) is 5.29. The maximum atomic E-state index is 13.2. The number of cyclic esters (lactones) is 1. The molecule has 6 nitrogen and oxygen atoms in total. The lowest BCUT2D eigenvalue weighted by Crippen LogP contribution is -2.45. The van der Waals surface area contributed by atoms with Gasteiger partial charge in [0.25, 0.3) is 0 Å². The lowest BCUT2D eigenvalue weighted by Gasteiger charge is -2.30. The molecule has 0 N–H and O–H groups in total. The van der Waals surface area contributed by atoms with Gasteiger partial charge < -0.3 is 9.47 Å². The molecule has 0 radical (unpaired) electrons. The predicted octanol–water partition coefficient (Wildman–Crippen LogP) is 3.92. The number of ether oxygens (including phenoxy) is 2. The Labute approximate surface area is 176 Å². The summed E-state index contributed by atoms with van der Waals surface area (Å²) in [7, 11) is 1.26. The SMILES string of the molecule is C=C(C[C@H](C)C(=O)N1C(=O)OC[C@H]1C(c1ccccc1)c1ccccc1)C(=O)OC. The molecule has 6 heteroatoms. The van der Waals surface area contributed by atoms with E-state index in [9.17, 15) is 14.4 Å². The smallest absolute Gasteiger partial charge is 0.417 e. The monoisotopic (exact) mass is 407 g/mol. The van der Waals surface area contributed by atoms with E-state index in [4.69, 9.17) is 4.74 Å². The summed E-state index contributed by atoms with van der Waals surface area (Å²) < 4.78 is 9.96. The molecule has 3 rings (SSSR count). The third kappa shape index (κ3) is 4.43. The van der Waals surface area contributed by atoms with Crippen molar-refractivity contribution < 1.29 is 23.9 Å². The summed E-state index contributed by atoms with van der Waals surface area (Å²) in [5.74, 6) is -1.83. The van der Waals surface area contributed by atoms with Crippen LogP contribution in [0, 0.1) is 5.92 Å². The molecule has 0 aliphatic carbocycles. The van der Waals surface area contributed by atoms with Crippen molar-refractivity contribution in [2.24, 2.45) is 5.92 Å². The minimum absolute atomic E-state index is 0.101. The molecule has 1 heterocycles. The molecular weight excluding hydrogens is 382 g/mol. The summed E-state index contributed by atoms with van der Waals surface area (Å²) >= 11 is 0. The second kappa shape index (κ2) is 9.39. The van der Waals surface area contributed by atoms with Crippen LogP contribution < -0.4 is 0 Å². The van der Waals surface area contributed by atoms with E-state index in [1.807, 2.05) is 60.7 Å². The molecule has 1 saturated heterocycles. The minimum Gasteiger partial charge on any atom is -0.466 e. The van der Waals surface area contributed by atoms with Gasteiger partial charge >= 0.3 is 12.1 Å². The number of carbonyl (C=O) groups is 3. The molecule has 1 aliphatic heterocycles. The van der Waals surface area contributed by atoms with Gasteiger partial charge in [-0.3, -0.25) is 4.79 Å². The van der Waals surface area contributed by atoms with Crippen LogP contribution in [-0.4, -0.2) is 42.6 Å². The van der Waals surface area contributed by atoms with E-state index in [0.29, 0.717) is 0 Å². The molecule has 0 unspecified atom stereocenters. The van der Waals surface area contributed by atoms with Crippen LogP contribution in [0.15, 0.2) is 72.8 Å². The van der Waals surface area contributed by atoms with Gasteiger partial charge in [0, 0.05) is 17.4 Å². The van der Waals surface area contributed by atoms with Crippen LogP contribution in [0.4, 0.5) is 4.79 Å². The van der Waals surface area contributed by atoms with Crippen molar-refractivity contribution in [2.75, 3.05) is 13.7 Å². The first-order valence-corrected chi connectivity index (χ1v) is 9.79. The van der Waals surface area contributed by atoms with Crippen LogP contribution in [0.25, 0.3) is 0 Å². The molecule has 0 saturated carbocycles. The fraction of sp³-hybridized carbons (Fsp3) is 0.292. The molecule has 2 aromatic carbocycles. The highest BCUT2D eigenvalue weighted by atomic mass is 16.6. The Morgan fingerprint density at radius 2 is 1.63 bits per heavy atom. The summed E-state index contributed by atoms with van der Waals surface area (Å²) in [5.41, 5.74) is 2.15. The van der Waals surface area contributed by atoms with E-state index in [0.717, 1.165) is 11.1 Å². The lowest BCUT2D eigenvalue weighted by atomic mass is 9.84. The third-order valence-corrected chi connectivity index (χ3v) is 5.29. The number of methoxy groups -OCH3 is 1. The molecule has 0 aromatic heterocycles. The lowest BCUT2D eigenvalue weighted by molar-refractivity contribution is -0.136. The molecule has 1 fully saturated rings. The Kier molecular flexibility index (Phi) is 6.67. The largest absolute Gasteiger partial charge is 0.466 e. The van der Waals surface area contributed by atoms with E-state index >= 15 is 0 Å². The first-order valence-electron chi connectivity index (χ1n) is 9.79. The number of rotatable bonds is 7. The quantitative estimate of drug-likeness (QED) is 0.514. The highest BCUT2D eigenvalue weighted by molar-refractivity contribution is 5.96. The molecular formula is C24H25NO5. The Bertz CT molecular complexity index is 886. The fourth-order valence-corrected chi connectivity index (χ4v) is 3.81. The van der Waals surface area contributed by atoms with E-state index in [1.165, 1.54) is 12.0 Å². The maximum absolute atomic E-state index is 13.2. The molecule has 2 amide bonds. The van der Waals surface area contributed by atoms with E-state index in [-0.39, 0.29) is 24.5 Å². The van der Waals surface area contributed by atoms with Gasteiger partial charge in [0.15, 0.2) is 0 Å². The molecule has 156 valence electrons. The maximum Gasteiger partial charge on any atom is 0.417 e. The van der Waals surface area contributed by atoms with Crippen molar-refractivity contribution in [1.82, 2.24) is 4.90 Å². The zero-order valence-corrected chi connectivity index (χ0v) is 17.1. The number of nitrogens with zero attached hydrogens (tertiary/aromatic N) is 1. The normalized spacial score (nSPS) is 16.8. The van der Waals surface area contributed by atoms with Crippen LogP contribution >= 0.6 is 0 Å². The van der Waals surface area contributed by atoms with Crippen molar-refractivity contribution in [2.45, 2.75) is 25.3 Å². The van der Waals surface area contributed by atoms with Gasteiger partial charge in [-0.2, -0.15) is 0 Å². The second-order valence-electron chi connectivity index (χ2n) is 7.35. The predicted molar refractivity (Wildman–Crippen MR) is 112 cm³/mol. The highest BCUT2D eigenvalue weighted by Gasteiger charge is 2.44. The number of carbonyl (C=O) groups excluding carboxylic acids is 3. The number of hydrogen-bond donors (Lipinski definition) is 0. The fourth-order valence-electron chi connectivity index (χ4n) is 3.81. The van der Waals surface area contributed by atoms with Gasteiger partial charge in [-0.25, -0.2) is 14.5 Å². The number of imide groups is 1. The van der Waals surface area contributed by atoms with Crippen molar-refractivity contribution in [3.8, 4) is 0 Å². The first-order chi connectivity index (χ1) is 14.4. The summed E-state index contributed by atoms with van der Waals surface area (Å²) in [6.45, 7) is 5.45. The Morgan fingerprint density at radius 3 is 2.13 bits per heavy atom. The van der Waals surface area contributed by atoms with E-state index < -0.39 is 29.9 Å². The second-order valence-corrected chi connectivity index (χ2v) is 7.35. The topological polar surface area (TPSA) is 72.9 Å². The number of esters is 1. The molecule has 0 spiro atoms. The van der Waals surface area contributed by atoms with Crippen LogP contribution in [0.1, 0.15) is 30.4 Å².